The highest BCUT2D eigenvalue weighted by Crippen LogP contribution is 2.15. The number of H-pyrrole nitrogens is 1. The van der Waals surface area contributed by atoms with Crippen molar-refractivity contribution in [3.63, 3.8) is 0 Å². The highest BCUT2D eigenvalue weighted by Gasteiger charge is 2.16. The van der Waals surface area contributed by atoms with Crippen molar-refractivity contribution >= 4 is 35.1 Å². The molecule has 21 heavy (non-hydrogen) atoms. The zero-order chi connectivity index (χ0) is 15.6. The first kappa shape index (κ1) is 14.9. The number of hydrogen-bond acceptors (Lipinski definition) is 5. The number of imidazole rings is 1. The minimum absolute atomic E-state index is 0.194. The zero-order valence-electron chi connectivity index (χ0n) is 11.3. The highest BCUT2D eigenvalue weighted by molar-refractivity contribution is 6.29. The van der Waals surface area contributed by atoms with E-state index in [1.54, 1.807) is 13.0 Å². The SMILES string of the molecule is C/C(Cl)=C\Cn1c(NNC=O)nc2c1c(=O)[nH]c(=O)n2C. The van der Waals surface area contributed by atoms with Crippen molar-refractivity contribution in [3.8, 4) is 0 Å². The van der Waals surface area contributed by atoms with Gasteiger partial charge in [0, 0.05) is 18.6 Å². The number of amides is 1. The van der Waals surface area contributed by atoms with Crippen LogP contribution in [0.25, 0.3) is 11.2 Å². The molecule has 2 heterocycles. The molecular formula is C11H13ClN6O3. The molecule has 112 valence electrons. The molecule has 0 aliphatic rings. The lowest BCUT2D eigenvalue weighted by molar-refractivity contribution is -0.109. The Morgan fingerprint density at radius 1 is 1.48 bits per heavy atom. The third-order valence-electron chi connectivity index (χ3n) is 2.81. The quantitative estimate of drug-likeness (QED) is 0.515. The van der Waals surface area contributed by atoms with Gasteiger partial charge in [-0.05, 0) is 6.92 Å². The van der Waals surface area contributed by atoms with E-state index in [-0.39, 0.29) is 23.7 Å². The summed E-state index contributed by atoms with van der Waals surface area (Å²) >= 11 is 5.79. The van der Waals surface area contributed by atoms with E-state index in [4.69, 9.17) is 11.6 Å². The molecule has 0 unspecified atom stereocenters. The molecule has 0 saturated carbocycles. The van der Waals surface area contributed by atoms with Crippen molar-refractivity contribution in [2.45, 2.75) is 13.5 Å². The first-order valence-corrected chi connectivity index (χ1v) is 6.30. The van der Waals surface area contributed by atoms with Crippen molar-refractivity contribution < 1.29 is 4.79 Å². The Hall–Kier alpha value is -2.55. The molecule has 0 bridgehead atoms. The molecule has 0 aliphatic heterocycles. The number of hydrogen-bond donors (Lipinski definition) is 3. The van der Waals surface area contributed by atoms with Gasteiger partial charge >= 0.3 is 5.69 Å². The maximum atomic E-state index is 12.0. The number of aromatic amines is 1. The van der Waals surface area contributed by atoms with Crippen LogP contribution in [0, 0.1) is 0 Å². The number of carbonyl (C=O) groups excluding carboxylic acids is 1. The summed E-state index contributed by atoms with van der Waals surface area (Å²) in [5, 5.41) is 0.535. The van der Waals surface area contributed by atoms with Crippen molar-refractivity contribution in [2.24, 2.45) is 7.05 Å². The fraction of sp³-hybridized carbons (Fsp3) is 0.273. The Bertz CT molecular complexity index is 827. The fourth-order valence-corrected chi connectivity index (χ4v) is 1.89. The number of anilines is 1. The maximum absolute atomic E-state index is 12.0. The van der Waals surface area contributed by atoms with Crippen LogP contribution in [-0.4, -0.2) is 25.5 Å². The van der Waals surface area contributed by atoms with Gasteiger partial charge in [0.15, 0.2) is 11.2 Å². The number of fused-ring (bicyclic) bond motifs is 1. The number of aromatic nitrogens is 4. The lowest BCUT2D eigenvalue weighted by Crippen LogP contribution is -2.29. The highest BCUT2D eigenvalue weighted by atomic mass is 35.5. The molecule has 0 saturated heterocycles. The summed E-state index contributed by atoms with van der Waals surface area (Å²) in [6, 6.07) is 0. The Balaban J connectivity index is 2.73. The van der Waals surface area contributed by atoms with Crippen molar-refractivity contribution in [1.29, 1.82) is 0 Å². The smallest absolute Gasteiger partial charge is 0.299 e. The third-order valence-corrected chi connectivity index (χ3v) is 2.96. The summed E-state index contributed by atoms with van der Waals surface area (Å²) < 4.78 is 2.70. The lowest BCUT2D eigenvalue weighted by Gasteiger charge is -2.06. The molecular weight excluding hydrogens is 300 g/mol. The van der Waals surface area contributed by atoms with Crippen LogP contribution in [0.2, 0.25) is 0 Å². The van der Waals surface area contributed by atoms with Crippen molar-refractivity contribution in [1.82, 2.24) is 24.5 Å². The molecule has 9 nitrogen and oxygen atoms in total. The van der Waals surface area contributed by atoms with Crippen molar-refractivity contribution in [3.05, 3.63) is 31.9 Å². The van der Waals surface area contributed by atoms with Crippen LogP contribution in [-0.2, 0) is 18.4 Å². The second-order valence-electron chi connectivity index (χ2n) is 4.21. The molecule has 0 fully saturated rings. The number of carbonyl (C=O) groups is 1. The molecule has 10 heteroatoms. The van der Waals surface area contributed by atoms with E-state index >= 15 is 0 Å². The number of hydrazine groups is 1. The number of halogens is 1. The van der Waals surface area contributed by atoms with Gasteiger partial charge in [0.05, 0.1) is 0 Å². The summed E-state index contributed by atoms with van der Waals surface area (Å²) in [4.78, 5) is 40.3. The predicted molar refractivity (Wildman–Crippen MR) is 78.0 cm³/mol. The summed E-state index contributed by atoms with van der Waals surface area (Å²) in [6.45, 7) is 1.94. The summed E-state index contributed by atoms with van der Waals surface area (Å²) in [5.41, 5.74) is 4.03. The van der Waals surface area contributed by atoms with E-state index < -0.39 is 11.2 Å². The number of allylic oxidation sites excluding steroid dienone is 2. The van der Waals surface area contributed by atoms with E-state index in [0.29, 0.717) is 11.4 Å². The second-order valence-corrected chi connectivity index (χ2v) is 4.81. The molecule has 1 amide bonds. The summed E-state index contributed by atoms with van der Waals surface area (Å²) in [6.07, 6.45) is 2.09. The normalized spacial score (nSPS) is 11.7. The molecule has 0 aromatic carbocycles. The van der Waals surface area contributed by atoms with Crippen LogP contribution in [0.4, 0.5) is 5.95 Å². The molecule has 2 rings (SSSR count). The summed E-state index contributed by atoms with van der Waals surface area (Å²) in [7, 11) is 1.48. The second kappa shape index (κ2) is 5.83. The molecule has 0 radical (unpaired) electrons. The Kier molecular flexibility index (Phi) is 4.13. The molecule has 3 N–H and O–H groups in total. The summed E-state index contributed by atoms with van der Waals surface area (Å²) in [5.74, 6) is 0.206. The third kappa shape index (κ3) is 2.82. The number of nitrogens with one attached hydrogen (secondary N) is 3. The largest absolute Gasteiger partial charge is 0.329 e. The van der Waals surface area contributed by atoms with Crippen molar-refractivity contribution in [2.75, 3.05) is 5.43 Å². The van der Waals surface area contributed by atoms with Crippen LogP contribution in [0.5, 0.6) is 0 Å². The molecule has 0 spiro atoms. The molecule has 2 aromatic rings. The molecule has 0 atom stereocenters. The van der Waals surface area contributed by atoms with Gasteiger partial charge in [0.1, 0.15) is 0 Å². The average molecular weight is 313 g/mol. The lowest BCUT2D eigenvalue weighted by atomic mass is 10.4. The number of aryl methyl sites for hydroxylation is 1. The molecule has 0 aliphatic carbocycles. The first-order chi connectivity index (χ1) is 9.95. The zero-order valence-corrected chi connectivity index (χ0v) is 12.1. The van der Waals surface area contributed by atoms with Gasteiger partial charge in [-0.1, -0.05) is 17.7 Å². The van der Waals surface area contributed by atoms with E-state index in [9.17, 15) is 14.4 Å². The Morgan fingerprint density at radius 3 is 2.81 bits per heavy atom. The van der Waals surface area contributed by atoms with Gasteiger partial charge in [0.2, 0.25) is 12.4 Å². The minimum atomic E-state index is -0.573. The number of nitrogens with zero attached hydrogens (tertiary/aromatic N) is 3. The maximum Gasteiger partial charge on any atom is 0.329 e. The van der Waals surface area contributed by atoms with Gasteiger partial charge in [-0.2, -0.15) is 4.98 Å². The Labute approximate surface area is 123 Å². The fourth-order valence-electron chi connectivity index (χ4n) is 1.82. The van der Waals surface area contributed by atoms with Crippen LogP contribution >= 0.6 is 11.6 Å². The standard InChI is InChI=1S/C11H13ClN6O3/c1-6(12)3-4-18-7-8(14-10(18)16-13-5-19)17(2)11(21)15-9(7)20/h3,5H,4H2,1-2H3,(H,13,19)(H,14,16)(H,15,20,21)/b6-3+. The van der Waals surface area contributed by atoms with Gasteiger partial charge in [-0.3, -0.25) is 34.6 Å². The number of rotatable bonds is 5. The van der Waals surface area contributed by atoms with Gasteiger partial charge in [-0.15, -0.1) is 0 Å². The van der Waals surface area contributed by atoms with E-state index in [1.807, 2.05) is 0 Å². The van der Waals surface area contributed by atoms with E-state index in [2.05, 4.69) is 20.8 Å². The van der Waals surface area contributed by atoms with Crippen LogP contribution in [0.1, 0.15) is 6.92 Å². The van der Waals surface area contributed by atoms with Gasteiger partial charge in [0.25, 0.3) is 5.56 Å². The molecule has 2 aromatic heterocycles. The minimum Gasteiger partial charge on any atom is -0.299 e. The van der Waals surface area contributed by atoms with Crippen LogP contribution in [0.15, 0.2) is 20.7 Å². The van der Waals surface area contributed by atoms with E-state index in [1.165, 1.54) is 16.2 Å². The van der Waals surface area contributed by atoms with Crippen LogP contribution < -0.4 is 22.1 Å². The van der Waals surface area contributed by atoms with Crippen LogP contribution in [0.3, 0.4) is 0 Å². The van der Waals surface area contributed by atoms with Gasteiger partial charge < -0.3 is 0 Å². The first-order valence-electron chi connectivity index (χ1n) is 5.92. The Morgan fingerprint density at radius 2 is 2.19 bits per heavy atom. The predicted octanol–water partition coefficient (Wildman–Crippen LogP) is -0.361. The van der Waals surface area contributed by atoms with E-state index in [0.717, 1.165) is 0 Å². The monoisotopic (exact) mass is 312 g/mol. The van der Waals surface area contributed by atoms with Gasteiger partial charge in [-0.25, -0.2) is 4.79 Å². The average Bonchev–Trinajstić information content (AvgIpc) is 2.79. The topological polar surface area (TPSA) is 114 Å².